The highest BCUT2D eigenvalue weighted by atomic mass is 79.9. The van der Waals surface area contributed by atoms with Crippen molar-refractivity contribution in [3.63, 3.8) is 0 Å². The molecule has 1 fully saturated rings. The van der Waals surface area contributed by atoms with Crippen LogP contribution in [0.1, 0.15) is 57.1 Å². The minimum absolute atomic E-state index is 0.0928. The topological polar surface area (TPSA) is 67.9 Å². The largest absolute Gasteiger partial charge is 0.497 e. The molecule has 1 unspecified atom stereocenters. The number of nitrogens with one attached hydrogen (secondary N) is 1. The summed E-state index contributed by atoms with van der Waals surface area (Å²) >= 11 is 3.53. The number of nitrogens with zero attached hydrogens (tertiary/aromatic N) is 1. The molecule has 0 bridgehead atoms. The first kappa shape index (κ1) is 26.1. The summed E-state index contributed by atoms with van der Waals surface area (Å²) in [6.45, 7) is 4.20. The van der Waals surface area contributed by atoms with Crippen LogP contribution >= 0.6 is 15.9 Å². The van der Waals surface area contributed by atoms with Crippen molar-refractivity contribution in [2.75, 3.05) is 13.7 Å². The molecule has 2 aromatic rings. The van der Waals surface area contributed by atoms with E-state index in [1.807, 2.05) is 49.4 Å². The molecule has 1 atom stereocenters. The first-order valence-electron chi connectivity index (χ1n) is 12.1. The number of benzene rings is 2. The summed E-state index contributed by atoms with van der Waals surface area (Å²) in [4.78, 5) is 28.2. The normalized spacial score (nSPS) is 14.5. The SMILES string of the molecule is CCc1ccc(OCC(=O)N(Cc2ccc(OC)cc2)C(CC)C(=O)NC2CCCC2)c(Br)c1. The van der Waals surface area contributed by atoms with Gasteiger partial charge in [-0.15, -0.1) is 0 Å². The molecule has 0 aromatic heterocycles. The van der Waals surface area contributed by atoms with Gasteiger partial charge in [-0.2, -0.15) is 0 Å². The zero-order valence-corrected chi connectivity index (χ0v) is 21.9. The number of ether oxygens (including phenoxy) is 2. The van der Waals surface area contributed by atoms with E-state index in [0.29, 0.717) is 18.7 Å². The number of aryl methyl sites for hydroxylation is 1. The number of hydrogen-bond acceptors (Lipinski definition) is 4. The quantitative estimate of drug-likeness (QED) is 0.429. The monoisotopic (exact) mass is 530 g/mol. The molecule has 1 N–H and O–H groups in total. The Morgan fingerprint density at radius 3 is 2.35 bits per heavy atom. The Bertz CT molecular complexity index is 958. The maximum Gasteiger partial charge on any atom is 0.261 e. The Morgan fingerprint density at radius 2 is 1.76 bits per heavy atom. The third kappa shape index (κ3) is 6.98. The van der Waals surface area contributed by atoms with E-state index in [4.69, 9.17) is 9.47 Å². The minimum atomic E-state index is -0.565. The van der Waals surface area contributed by atoms with Crippen LogP contribution in [0.2, 0.25) is 0 Å². The molecule has 0 aliphatic heterocycles. The summed E-state index contributed by atoms with van der Waals surface area (Å²) in [6.07, 6.45) is 5.71. The number of methoxy groups -OCH3 is 1. The molecule has 0 heterocycles. The number of carbonyl (C=O) groups excluding carboxylic acids is 2. The fraction of sp³-hybridized carbons (Fsp3) is 0.481. The van der Waals surface area contributed by atoms with E-state index < -0.39 is 6.04 Å². The van der Waals surface area contributed by atoms with Crippen molar-refractivity contribution < 1.29 is 19.1 Å². The van der Waals surface area contributed by atoms with Gasteiger partial charge in [0.05, 0.1) is 11.6 Å². The summed E-state index contributed by atoms with van der Waals surface area (Å²) in [6, 6.07) is 13.1. The van der Waals surface area contributed by atoms with Crippen molar-refractivity contribution in [3.8, 4) is 11.5 Å². The molecular formula is C27H35BrN2O4. The number of rotatable bonds is 11. The predicted molar refractivity (Wildman–Crippen MR) is 137 cm³/mol. The molecule has 6 nitrogen and oxygen atoms in total. The lowest BCUT2D eigenvalue weighted by atomic mass is 10.1. The number of carbonyl (C=O) groups is 2. The van der Waals surface area contributed by atoms with E-state index in [9.17, 15) is 9.59 Å². The molecule has 3 rings (SSSR count). The van der Waals surface area contributed by atoms with E-state index in [1.165, 1.54) is 5.56 Å². The van der Waals surface area contributed by atoms with E-state index in [-0.39, 0.29) is 24.5 Å². The van der Waals surface area contributed by atoms with Gasteiger partial charge < -0.3 is 19.7 Å². The van der Waals surface area contributed by atoms with Crippen LogP contribution in [-0.4, -0.2) is 42.5 Å². The molecule has 0 radical (unpaired) electrons. The smallest absolute Gasteiger partial charge is 0.261 e. The van der Waals surface area contributed by atoms with E-state index >= 15 is 0 Å². The van der Waals surface area contributed by atoms with E-state index in [1.54, 1.807) is 12.0 Å². The Kier molecular flexibility index (Phi) is 9.81. The van der Waals surface area contributed by atoms with Crippen LogP contribution in [0.15, 0.2) is 46.9 Å². The number of amides is 2. The Labute approximate surface area is 211 Å². The van der Waals surface area contributed by atoms with Crippen LogP contribution < -0.4 is 14.8 Å². The number of hydrogen-bond donors (Lipinski definition) is 1. The minimum Gasteiger partial charge on any atom is -0.497 e. The van der Waals surface area contributed by atoms with Crippen molar-refractivity contribution in [2.24, 2.45) is 0 Å². The molecule has 0 spiro atoms. The summed E-state index contributed by atoms with van der Waals surface area (Å²) < 4.78 is 11.9. The molecule has 0 saturated heterocycles. The number of halogens is 1. The first-order valence-corrected chi connectivity index (χ1v) is 12.9. The summed E-state index contributed by atoms with van der Waals surface area (Å²) in [7, 11) is 1.62. The van der Waals surface area contributed by atoms with Crippen molar-refractivity contribution in [1.29, 1.82) is 0 Å². The molecule has 2 amide bonds. The Balaban J connectivity index is 1.76. The molecular weight excluding hydrogens is 496 g/mol. The molecule has 2 aromatic carbocycles. The Hall–Kier alpha value is -2.54. The lowest BCUT2D eigenvalue weighted by Gasteiger charge is -2.31. The summed E-state index contributed by atoms with van der Waals surface area (Å²) in [5.74, 6) is 1.04. The predicted octanol–water partition coefficient (Wildman–Crippen LogP) is 5.27. The second-order valence-electron chi connectivity index (χ2n) is 8.69. The zero-order valence-electron chi connectivity index (χ0n) is 20.3. The third-order valence-electron chi connectivity index (χ3n) is 6.36. The average Bonchev–Trinajstić information content (AvgIpc) is 3.36. The molecule has 1 aliphatic rings. The maximum absolute atomic E-state index is 13.4. The molecule has 34 heavy (non-hydrogen) atoms. The van der Waals surface area contributed by atoms with Crippen molar-refractivity contribution in [1.82, 2.24) is 10.2 Å². The van der Waals surface area contributed by atoms with E-state index in [2.05, 4.69) is 28.2 Å². The van der Waals surface area contributed by atoms with Gasteiger partial charge in [0.25, 0.3) is 5.91 Å². The Morgan fingerprint density at radius 1 is 1.09 bits per heavy atom. The maximum atomic E-state index is 13.4. The second-order valence-corrected chi connectivity index (χ2v) is 9.55. The molecule has 7 heteroatoms. The van der Waals surface area contributed by atoms with Crippen molar-refractivity contribution in [3.05, 3.63) is 58.1 Å². The van der Waals surface area contributed by atoms with Gasteiger partial charge in [0, 0.05) is 12.6 Å². The van der Waals surface area contributed by atoms with Crippen LogP contribution in [0.3, 0.4) is 0 Å². The van der Waals surface area contributed by atoms with Gasteiger partial charge in [-0.3, -0.25) is 9.59 Å². The van der Waals surface area contributed by atoms with Crippen LogP contribution in [-0.2, 0) is 22.6 Å². The van der Waals surface area contributed by atoms with Crippen LogP contribution in [0.4, 0.5) is 0 Å². The van der Waals surface area contributed by atoms with Crippen LogP contribution in [0.5, 0.6) is 11.5 Å². The average molecular weight is 531 g/mol. The van der Waals surface area contributed by atoms with Gasteiger partial charge in [-0.1, -0.05) is 44.9 Å². The van der Waals surface area contributed by atoms with Crippen LogP contribution in [0, 0.1) is 0 Å². The second kappa shape index (κ2) is 12.8. The highest BCUT2D eigenvalue weighted by molar-refractivity contribution is 9.10. The van der Waals surface area contributed by atoms with Gasteiger partial charge >= 0.3 is 0 Å². The summed E-state index contributed by atoms with van der Waals surface area (Å²) in [5, 5.41) is 3.16. The van der Waals surface area contributed by atoms with Crippen molar-refractivity contribution in [2.45, 2.75) is 71.0 Å². The van der Waals surface area contributed by atoms with Gasteiger partial charge in [0.1, 0.15) is 17.5 Å². The fourth-order valence-electron chi connectivity index (χ4n) is 4.32. The fourth-order valence-corrected chi connectivity index (χ4v) is 4.86. The first-order chi connectivity index (χ1) is 16.4. The van der Waals surface area contributed by atoms with Gasteiger partial charge in [0.2, 0.25) is 5.91 Å². The van der Waals surface area contributed by atoms with Gasteiger partial charge in [-0.25, -0.2) is 0 Å². The summed E-state index contributed by atoms with van der Waals surface area (Å²) in [5.41, 5.74) is 2.11. The van der Waals surface area contributed by atoms with Gasteiger partial charge in [0.15, 0.2) is 6.61 Å². The zero-order chi connectivity index (χ0) is 24.5. The lowest BCUT2D eigenvalue weighted by molar-refractivity contribution is -0.143. The standard InChI is InChI=1S/C27H35BrN2O4/c1-4-19-12-15-25(23(28)16-19)34-18-26(31)30(17-20-10-13-22(33-3)14-11-20)24(5-2)27(32)29-21-8-6-7-9-21/h10-16,21,24H,4-9,17-18H2,1-3H3,(H,29,32). The molecule has 1 aliphatic carbocycles. The molecule has 184 valence electrons. The van der Waals surface area contributed by atoms with Crippen molar-refractivity contribution >= 4 is 27.7 Å². The lowest BCUT2D eigenvalue weighted by Crippen LogP contribution is -2.52. The molecule has 1 saturated carbocycles. The highest BCUT2D eigenvalue weighted by Crippen LogP contribution is 2.27. The highest BCUT2D eigenvalue weighted by Gasteiger charge is 2.31. The van der Waals surface area contributed by atoms with Crippen LogP contribution in [0.25, 0.3) is 0 Å². The third-order valence-corrected chi connectivity index (χ3v) is 6.97. The van der Waals surface area contributed by atoms with Gasteiger partial charge in [-0.05, 0) is 77.0 Å². The van der Waals surface area contributed by atoms with E-state index in [0.717, 1.165) is 47.9 Å².